The Morgan fingerprint density at radius 3 is 2.30 bits per heavy atom. The molecule has 0 atom stereocenters. The molecule has 2 heterocycles. The molecular formula is C24H27ClN4O3S. The van der Waals surface area contributed by atoms with Crippen LogP contribution in [0.5, 0.6) is 0 Å². The molecule has 0 unspecified atom stereocenters. The Morgan fingerprint density at radius 1 is 1.06 bits per heavy atom. The van der Waals surface area contributed by atoms with Gasteiger partial charge in [-0.25, -0.2) is 13.1 Å². The molecule has 174 valence electrons. The van der Waals surface area contributed by atoms with Gasteiger partial charge in [0.25, 0.3) is 5.91 Å². The average Bonchev–Trinajstić information content (AvgIpc) is 3.14. The van der Waals surface area contributed by atoms with E-state index in [0.717, 1.165) is 37.3 Å². The lowest BCUT2D eigenvalue weighted by Crippen LogP contribution is -2.44. The third kappa shape index (κ3) is 4.91. The first-order chi connectivity index (χ1) is 15.8. The van der Waals surface area contributed by atoms with Crippen molar-refractivity contribution in [2.24, 2.45) is 0 Å². The van der Waals surface area contributed by atoms with E-state index in [9.17, 15) is 13.2 Å². The van der Waals surface area contributed by atoms with Gasteiger partial charge in [-0.05, 0) is 56.2 Å². The summed E-state index contributed by atoms with van der Waals surface area (Å²) in [6, 6.07) is 16.5. The number of anilines is 1. The van der Waals surface area contributed by atoms with Crippen molar-refractivity contribution in [3.63, 3.8) is 0 Å². The Labute approximate surface area is 199 Å². The zero-order valence-corrected chi connectivity index (χ0v) is 20.2. The zero-order valence-electron chi connectivity index (χ0n) is 18.7. The maximum atomic E-state index is 13.0. The molecule has 4 rings (SSSR count). The van der Waals surface area contributed by atoms with Crippen LogP contribution in [0, 0.1) is 6.92 Å². The predicted molar refractivity (Wildman–Crippen MR) is 130 cm³/mol. The van der Waals surface area contributed by atoms with E-state index in [4.69, 9.17) is 11.6 Å². The minimum Gasteiger partial charge on any atom is -0.371 e. The van der Waals surface area contributed by atoms with E-state index in [-0.39, 0.29) is 17.7 Å². The third-order valence-corrected chi connectivity index (χ3v) is 8.10. The summed E-state index contributed by atoms with van der Waals surface area (Å²) in [7, 11) is -3.20. The van der Waals surface area contributed by atoms with E-state index in [0.29, 0.717) is 21.3 Å². The standard InChI is InChI=1S/C24H27ClN4O3S/c1-3-33(31,32)21-11-9-19(10-12-21)28-15-13-18(14-16-28)26-24(30)22-17(2)27-29(23(22)25)20-7-5-4-6-8-20/h4-12,18H,3,13-16H2,1-2H3,(H,26,30). The quantitative estimate of drug-likeness (QED) is 0.568. The van der Waals surface area contributed by atoms with Crippen LogP contribution in [0.4, 0.5) is 5.69 Å². The van der Waals surface area contributed by atoms with Crippen LogP contribution in [0.15, 0.2) is 59.5 Å². The number of aromatic nitrogens is 2. The highest BCUT2D eigenvalue weighted by Crippen LogP contribution is 2.25. The monoisotopic (exact) mass is 486 g/mol. The van der Waals surface area contributed by atoms with Gasteiger partial charge in [0.1, 0.15) is 5.15 Å². The van der Waals surface area contributed by atoms with Crippen molar-refractivity contribution in [3.05, 3.63) is 71.0 Å². The van der Waals surface area contributed by atoms with Gasteiger partial charge in [-0.3, -0.25) is 4.79 Å². The molecule has 1 N–H and O–H groups in total. The SMILES string of the molecule is CCS(=O)(=O)c1ccc(N2CCC(NC(=O)c3c(C)nn(-c4ccccc4)c3Cl)CC2)cc1. The summed E-state index contributed by atoms with van der Waals surface area (Å²) in [5, 5.41) is 7.86. The Hall–Kier alpha value is -2.84. The van der Waals surface area contributed by atoms with Crippen molar-refractivity contribution in [1.82, 2.24) is 15.1 Å². The number of hydrogen-bond donors (Lipinski definition) is 1. The largest absolute Gasteiger partial charge is 0.371 e. The lowest BCUT2D eigenvalue weighted by atomic mass is 10.0. The van der Waals surface area contributed by atoms with Gasteiger partial charge in [-0.2, -0.15) is 5.10 Å². The second kappa shape index (κ2) is 9.57. The normalized spacial score (nSPS) is 14.9. The van der Waals surface area contributed by atoms with E-state index in [2.05, 4.69) is 15.3 Å². The number of hydrogen-bond acceptors (Lipinski definition) is 5. The number of carbonyl (C=O) groups excluding carboxylic acids is 1. The Morgan fingerprint density at radius 2 is 1.70 bits per heavy atom. The molecule has 1 saturated heterocycles. The van der Waals surface area contributed by atoms with E-state index < -0.39 is 9.84 Å². The van der Waals surface area contributed by atoms with Crippen LogP contribution >= 0.6 is 11.6 Å². The minimum absolute atomic E-state index is 0.0315. The summed E-state index contributed by atoms with van der Waals surface area (Å²) >= 11 is 6.52. The summed E-state index contributed by atoms with van der Waals surface area (Å²) in [6.07, 6.45) is 1.56. The summed E-state index contributed by atoms with van der Waals surface area (Å²) in [5.41, 5.74) is 2.77. The molecule has 33 heavy (non-hydrogen) atoms. The molecule has 0 bridgehead atoms. The fourth-order valence-electron chi connectivity index (χ4n) is 4.07. The zero-order chi connectivity index (χ0) is 23.6. The van der Waals surface area contributed by atoms with Crippen molar-refractivity contribution in [2.45, 2.75) is 37.6 Å². The van der Waals surface area contributed by atoms with Crippen molar-refractivity contribution >= 4 is 33.0 Å². The van der Waals surface area contributed by atoms with Gasteiger partial charge in [0, 0.05) is 24.8 Å². The van der Waals surface area contributed by atoms with Crippen LogP contribution in [0.1, 0.15) is 35.8 Å². The number of nitrogens with one attached hydrogen (secondary N) is 1. The first kappa shape index (κ1) is 23.3. The van der Waals surface area contributed by atoms with Gasteiger partial charge in [-0.1, -0.05) is 36.7 Å². The molecule has 3 aromatic rings. The molecule has 9 heteroatoms. The highest BCUT2D eigenvalue weighted by molar-refractivity contribution is 7.91. The lowest BCUT2D eigenvalue weighted by molar-refractivity contribution is 0.0930. The van der Waals surface area contributed by atoms with Gasteiger partial charge in [0.2, 0.25) is 0 Å². The highest BCUT2D eigenvalue weighted by Gasteiger charge is 2.26. The molecular weight excluding hydrogens is 460 g/mol. The summed E-state index contributed by atoms with van der Waals surface area (Å²) in [4.78, 5) is 15.5. The van der Waals surface area contributed by atoms with Crippen LogP contribution < -0.4 is 10.2 Å². The summed E-state index contributed by atoms with van der Waals surface area (Å²) < 4.78 is 25.6. The van der Waals surface area contributed by atoms with Gasteiger partial charge in [0.05, 0.1) is 27.6 Å². The van der Waals surface area contributed by atoms with E-state index >= 15 is 0 Å². The number of aryl methyl sites for hydroxylation is 1. The first-order valence-corrected chi connectivity index (χ1v) is 13.0. The molecule has 1 aliphatic rings. The molecule has 0 aliphatic carbocycles. The molecule has 0 spiro atoms. The molecule has 0 radical (unpaired) electrons. The van der Waals surface area contributed by atoms with Crippen molar-refractivity contribution < 1.29 is 13.2 Å². The van der Waals surface area contributed by atoms with Crippen molar-refractivity contribution in [2.75, 3.05) is 23.7 Å². The van der Waals surface area contributed by atoms with E-state index in [1.807, 2.05) is 42.5 Å². The van der Waals surface area contributed by atoms with Gasteiger partial charge < -0.3 is 10.2 Å². The fraction of sp³-hybridized carbons (Fsp3) is 0.333. The van der Waals surface area contributed by atoms with Crippen molar-refractivity contribution in [3.8, 4) is 5.69 Å². The number of carbonyl (C=O) groups is 1. The Bertz CT molecular complexity index is 1230. The molecule has 7 nitrogen and oxygen atoms in total. The number of benzene rings is 2. The van der Waals surface area contributed by atoms with Crippen LogP contribution in [0.2, 0.25) is 5.15 Å². The smallest absolute Gasteiger partial charge is 0.256 e. The molecule has 2 aromatic carbocycles. The fourth-order valence-corrected chi connectivity index (χ4v) is 5.31. The summed E-state index contributed by atoms with van der Waals surface area (Å²) in [5.74, 6) is -0.127. The number of nitrogens with zero attached hydrogens (tertiary/aromatic N) is 3. The maximum absolute atomic E-state index is 13.0. The number of halogens is 1. The van der Waals surface area contributed by atoms with Gasteiger partial charge >= 0.3 is 0 Å². The van der Waals surface area contributed by atoms with Crippen LogP contribution in [-0.2, 0) is 9.84 Å². The number of para-hydroxylation sites is 1. The number of rotatable bonds is 6. The Balaban J connectivity index is 1.39. The maximum Gasteiger partial charge on any atom is 0.256 e. The molecule has 1 amide bonds. The molecule has 0 saturated carbocycles. The molecule has 1 fully saturated rings. The number of piperidine rings is 1. The number of amides is 1. The topological polar surface area (TPSA) is 84.3 Å². The third-order valence-electron chi connectivity index (χ3n) is 6.00. The predicted octanol–water partition coefficient (Wildman–Crippen LogP) is 4.03. The van der Waals surface area contributed by atoms with Crippen molar-refractivity contribution in [1.29, 1.82) is 0 Å². The molecule has 1 aromatic heterocycles. The lowest BCUT2D eigenvalue weighted by Gasteiger charge is -2.34. The average molecular weight is 487 g/mol. The van der Waals surface area contributed by atoms with E-state index in [1.165, 1.54) is 0 Å². The second-order valence-electron chi connectivity index (χ2n) is 8.13. The molecule has 1 aliphatic heterocycles. The summed E-state index contributed by atoms with van der Waals surface area (Å²) in [6.45, 7) is 4.95. The number of sulfone groups is 1. The van der Waals surface area contributed by atoms with Crippen LogP contribution in [0.25, 0.3) is 5.69 Å². The minimum atomic E-state index is -3.20. The van der Waals surface area contributed by atoms with E-state index in [1.54, 1.807) is 30.7 Å². The van der Waals surface area contributed by atoms with Gasteiger partial charge in [0.15, 0.2) is 9.84 Å². The second-order valence-corrected chi connectivity index (χ2v) is 10.8. The van der Waals surface area contributed by atoms with Gasteiger partial charge in [-0.15, -0.1) is 0 Å². The van der Waals surface area contributed by atoms with Crippen LogP contribution in [-0.4, -0.2) is 49.0 Å². The highest BCUT2D eigenvalue weighted by atomic mass is 35.5. The first-order valence-electron chi connectivity index (χ1n) is 11.0. The van der Waals surface area contributed by atoms with Crippen LogP contribution in [0.3, 0.4) is 0 Å². The Kier molecular flexibility index (Phi) is 6.76.